The molecule has 0 aliphatic heterocycles. The van der Waals surface area contributed by atoms with Gasteiger partial charge in [0, 0.05) is 12.2 Å². The van der Waals surface area contributed by atoms with Gasteiger partial charge in [-0.1, -0.05) is 13.3 Å². The lowest BCUT2D eigenvalue weighted by atomic mass is 10.3. The number of aromatic nitrogens is 2. The number of anilines is 1. The maximum atomic E-state index is 8.69. The van der Waals surface area contributed by atoms with Crippen LogP contribution in [0, 0.1) is 18.3 Å². The van der Waals surface area contributed by atoms with E-state index in [4.69, 9.17) is 5.26 Å². The Hall–Kier alpha value is -1.63. The molecule has 1 N–H and O–H groups in total. The van der Waals surface area contributed by atoms with E-state index in [2.05, 4.69) is 22.2 Å². The van der Waals surface area contributed by atoms with Gasteiger partial charge in [-0.2, -0.15) is 5.26 Å². The van der Waals surface area contributed by atoms with Gasteiger partial charge in [0.1, 0.15) is 11.8 Å². The molecular formula is C10H14N4. The topological polar surface area (TPSA) is 61.6 Å². The van der Waals surface area contributed by atoms with Crippen molar-refractivity contribution in [1.29, 1.82) is 5.26 Å². The lowest BCUT2D eigenvalue weighted by molar-refractivity contribution is 0.824. The quantitative estimate of drug-likeness (QED) is 0.736. The number of nitrogens with one attached hydrogen (secondary N) is 1. The highest BCUT2D eigenvalue weighted by Gasteiger charge is 1.99. The minimum atomic E-state index is 0.413. The third-order valence-electron chi connectivity index (χ3n) is 1.78. The summed E-state index contributed by atoms with van der Waals surface area (Å²) in [7, 11) is 0. The largest absolute Gasteiger partial charge is 0.354 e. The van der Waals surface area contributed by atoms with E-state index in [1.807, 2.05) is 13.0 Å². The SMILES string of the molecule is CCCCNc1nc(C)cc(C#N)n1. The molecule has 0 aliphatic rings. The van der Waals surface area contributed by atoms with Crippen LogP contribution in [-0.4, -0.2) is 16.5 Å². The van der Waals surface area contributed by atoms with E-state index in [-0.39, 0.29) is 0 Å². The Balaban J connectivity index is 2.68. The summed E-state index contributed by atoms with van der Waals surface area (Å²) in [6.07, 6.45) is 2.21. The van der Waals surface area contributed by atoms with Crippen molar-refractivity contribution in [3.05, 3.63) is 17.5 Å². The normalized spacial score (nSPS) is 9.50. The molecule has 0 aromatic carbocycles. The molecule has 0 saturated heterocycles. The summed E-state index contributed by atoms with van der Waals surface area (Å²) in [6.45, 7) is 4.83. The Labute approximate surface area is 84.0 Å². The van der Waals surface area contributed by atoms with Gasteiger partial charge in [0.15, 0.2) is 0 Å². The lowest BCUT2D eigenvalue weighted by Crippen LogP contribution is -2.06. The van der Waals surface area contributed by atoms with Crippen LogP contribution in [0.25, 0.3) is 0 Å². The van der Waals surface area contributed by atoms with Crippen LogP contribution in [0.3, 0.4) is 0 Å². The van der Waals surface area contributed by atoms with Gasteiger partial charge in [0.2, 0.25) is 5.95 Å². The maximum absolute atomic E-state index is 8.69. The molecule has 1 aromatic rings. The van der Waals surface area contributed by atoms with Crippen LogP contribution < -0.4 is 5.32 Å². The second kappa shape index (κ2) is 5.18. The summed E-state index contributed by atoms with van der Waals surface area (Å²) >= 11 is 0. The molecule has 0 spiro atoms. The first-order chi connectivity index (χ1) is 6.76. The van der Waals surface area contributed by atoms with Crippen molar-refractivity contribution in [2.24, 2.45) is 0 Å². The average Bonchev–Trinajstić information content (AvgIpc) is 2.17. The first kappa shape index (κ1) is 10.5. The Kier molecular flexibility index (Phi) is 3.86. The average molecular weight is 190 g/mol. The van der Waals surface area contributed by atoms with Crippen molar-refractivity contribution in [2.45, 2.75) is 26.7 Å². The van der Waals surface area contributed by atoms with E-state index >= 15 is 0 Å². The zero-order valence-electron chi connectivity index (χ0n) is 8.54. The molecule has 0 fully saturated rings. The molecule has 1 rings (SSSR count). The number of nitrogens with zero attached hydrogens (tertiary/aromatic N) is 3. The van der Waals surface area contributed by atoms with Crippen molar-refractivity contribution in [3.8, 4) is 6.07 Å². The number of rotatable bonds is 4. The van der Waals surface area contributed by atoms with Gasteiger partial charge in [-0.15, -0.1) is 0 Å². The van der Waals surface area contributed by atoms with Crippen molar-refractivity contribution in [3.63, 3.8) is 0 Å². The molecule has 4 heteroatoms. The Morgan fingerprint density at radius 2 is 2.29 bits per heavy atom. The second-order valence-corrected chi connectivity index (χ2v) is 3.11. The predicted octanol–water partition coefficient (Wildman–Crippen LogP) is 1.87. The van der Waals surface area contributed by atoms with Crippen molar-refractivity contribution in [1.82, 2.24) is 9.97 Å². The zero-order valence-corrected chi connectivity index (χ0v) is 8.54. The van der Waals surface area contributed by atoms with Gasteiger partial charge in [-0.25, -0.2) is 9.97 Å². The van der Waals surface area contributed by atoms with Crippen molar-refractivity contribution >= 4 is 5.95 Å². The van der Waals surface area contributed by atoms with Gasteiger partial charge in [-0.3, -0.25) is 0 Å². The molecule has 0 unspecified atom stereocenters. The van der Waals surface area contributed by atoms with Crippen LogP contribution in [0.5, 0.6) is 0 Å². The highest BCUT2D eigenvalue weighted by atomic mass is 15.1. The van der Waals surface area contributed by atoms with Crippen LogP contribution >= 0.6 is 0 Å². The summed E-state index contributed by atoms with van der Waals surface area (Å²) in [4.78, 5) is 8.22. The van der Waals surface area contributed by atoms with Crippen LogP contribution in [0.2, 0.25) is 0 Å². The molecule has 14 heavy (non-hydrogen) atoms. The predicted molar refractivity (Wildman–Crippen MR) is 54.9 cm³/mol. The molecule has 0 radical (unpaired) electrons. The van der Waals surface area contributed by atoms with Gasteiger partial charge < -0.3 is 5.32 Å². The maximum Gasteiger partial charge on any atom is 0.224 e. The number of unbranched alkanes of at least 4 members (excludes halogenated alkanes) is 1. The van der Waals surface area contributed by atoms with E-state index in [1.165, 1.54) is 0 Å². The van der Waals surface area contributed by atoms with Crippen LogP contribution in [0.1, 0.15) is 31.2 Å². The number of nitriles is 1. The van der Waals surface area contributed by atoms with Crippen LogP contribution in [-0.2, 0) is 0 Å². The monoisotopic (exact) mass is 190 g/mol. The fourth-order valence-corrected chi connectivity index (χ4v) is 1.08. The lowest BCUT2D eigenvalue weighted by Gasteiger charge is -2.04. The zero-order chi connectivity index (χ0) is 10.4. The molecule has 0 atom stereocenters. The molecular weight excluding hydrogens is 176 g/mol. The van der Waals surface area contributed by atoms with E-state index in [0.717, 1.165) is 25.1 Å². The molecule has 1 heterocycles. The first-order valence-electron chi connectivity index (χ1n) is 4.76. The minimum Gasteiger partial charge on any atom is -0.354 e. The second-order valence-electron chi connectivity index (χ2n) is 3.11. The molecule has 0 saturated carbocycles. The Morgan fingerprint density at radius 3 is 2.93 bits per heavy atom. The third kappa shape index (κ3) is 3.02. The smallest absolute Gasteiger partial charge is 0.224 e. The standard InChI is InChI=1S/C10H14N4/c1-3-4-5-12-10-13-8(2)6-9(7-11)14-10/h6H,3-5H2,1-2H3,(H,12,13,14). The van der Waals surface area contributed by atoms with Crippen molar-refractivity contribution < 1.29 is 0 Å². The summed E-state index contributed by atoms with van der Waals surface area (Å²) in [5.41, 5.74) is 1.23. The summed E-state index contributed by atoms with van der Waals surface area (Å²) in [6, 6.07) is 3.68. The van der Waals surface area contributed by atoms with Gasteiger partial charge in [0.25, 0.3) is 0 Å². The Bertz CT molecular complexity index is 340. The van der Waals surface area contributed by atoms with E-state index in [1.54, 1.807) is 6.07 Å². The van der Waals surface area contributed by atoms with Gasteiger partial charge in [-0.05, 0) is 19.4 Å². The third-order valence-corrected chi connectivity index (χ3v) is 1.78. The summed E-state index contributed by atoms with van der Waals surface area (Å²) < 4.78 is 0. The molecule has 1 aromatic heterocycles. The van der Waals surface area contributed by atoms with Crippen LogP contribution in [0.15, 0.2) is 6.07 Å². The van der Waals surface area contributed by atoms with E-state index in [9.17, 15) is 0 Å². The summed E-state index contributed by atoms with van der Waals surface area (Å²) in [5, 5.41) is 11.8. The summed E-state index contributed by atoms with van der Waals surface area (Å²) in [5.74, 6) is 0.551. The molecule has 4 nitrogen and oxygen atoms in total. The molecule has 0 amide bonds. The number of hydrogen-bond donors (Lipinski definition) is 1. The fourth-order valence-electron chi connectivity index (χ4n) is 1.08. The van der Waals surface area contributed by atoms with E-state index in [0.29, 0.717) is 11.6 Å². The first-order valence-corrected chi connectivity index (χ1v) is 4.76. The van der Waals surface area contributed by atoms with Gasteiger partial charge >= 0.3 is 0 Å². The minimum absolute atomic E-state index is 0.413. The van der Waals surface area contributed by atoms with Crippen molar-refractivity contribution in [2.75, 3.05) is 11.9 Å². The van der Waals surface area contributed by atoms with E-state index < -0.39 is 0 Å². The van der Waals surface area contributed by atoms with Crippen LogP contribution in [0.4, 0.5) is 5.95 Å². The van der Waals surface area contributed by atoms with Gasteiger partial charge in [0.05, 0.1) is 0 Å². The highest BCUT2D eigenvalue weighted by molar-refractivity contribution is 5.32. The molecule has 0 bridgehead atoms. The number of aryl methyl sites for hydroxylation is 1. The highest BCUT2D eigenvalue weighted by Crippen LogP contribution is 2.03. The fraction of sp³-hybridized carbons (Fsp3) is 0.500. The molecule has 74 valence electrons. The Morgan fingerprint density at radius 1 is 1.50 bits per heavy atom. The molecule has 0 aliphatic carbocycles. The number of hydrogen-bond acceptors (Lipinski definition) is 4.